The van der Waals surface area contributed by atoms with Gasteiger partial charge in [0.1, 0.15) is 5.75 Å². The van der Waals surface area contributed by atoms with Crippen molar-refractivity contribution in [1.29, 1.82) is 0 Å². The van der Waals surface area contributed by atoms with Gasteiger partial charge in [0, 0.05) is 5.92 Å². The minimum atomic E-state index is -0.654. The molecule has 3 atom stereocenters. The smallest absolute Gasteiger partial charge is 0.307 e. The van der Waals surface area contributed by atoms with Gasteiger partial charge >= 0.3 is 5.97 Å². The Morgan fingerprint density at radius 3 is 3.00 bits per heavy atom. The highest BCUT2D eigenvalue weighted by atomic mass is 16.5. The van der Waals surface area contributed by atoms with E-state index in [-0.39, 0.29) is 11.8 Å². The van der Waals surface area contributed by atoms with Crippen LogP contribution < -0.4 is 4.74 Å². The van der Waals surface area contributed by atoms with Crippen LogP contribution >= 0.6 is 0 Å². The molecule has 78 valence electrons. The molecule has 2 aliphatic rings. The predicted octanol–water partition coefficient (Wildman–Crippen LogP) is 1.67. The summed E-state index contributed by atoms with van der Waals surface area (Å²) >= 11 is 0. The molecule has 0 unspecified atom stereocenters. The van der Waals surface area contributed by atoms with E-state index in [9.17, 15) is 4.79 Å². The number of ether oxygens (including phenoxy) is 1. The fraction of sp³-hybridized carbons (Fsp3) is 0.417. The third kappa shape index (κ3) is 1.09. The van der Waals surface area contributed by atoms with Crippen molar-refractivity contribution in [2.24, 2.45) is 11.8 Å². The monoisotopic (exact) mass is 204 g/mol. The summed E-state index contributed by atoms with van der Waals surface area (Å²) in [5.74, 6) is 0.603. The van der Waals surface area contributed by atoms with Crippen molar-refractivity contribution in [3.05, 3.63) is 29.3 Å². The van der Waals surface area contributed by atoms with E-state index in [1.54, 1.807) is 7.11 Å². The number of carboxylic acid groups (broad SMARTS) is 1. The summed E-state index contributed by atoms with van der Waals surface area (Å²) in [6.45, 7) is 0. The van der Waals surface area contributed by atoms with Crippen LogP contribution in [0.15, 0.2) is 18.2 Å². The second-order valence-corrected chi connectivity index (χ2v) is 4.32. The number of hydrogen-bond donors (Lipinski definition) is 1. The van der Waals surface area contributed by atoms with Gasteiger partial charge < -0.3 is 9.84 Å². The molecule has 1 aromatic rings. The number of fused-ring (bicyclic) bond motifs is 3. The van der Waals surface area contributed by atoms with Crippen molar-refractivity contribution in [1.82, 2.24) is 0 Å². The van der Waals surface area contributed by atoms with Gasteiger partial charge in [-0.3, -0.25) is 4.79 Å². The van der Waals surface area contributed by atoms with Crippen molar-refractivity contribution < 1.29 is 14.6 Å². The Balaban J connectivity index is 1.97. The maximum atomic E-state index is 10.9. The Morgan fingerprint density at radius 2 is 2.33 bits per heavy atom. The zero-order chi connectivity index (χ0) is 10.6. The predicted molar refractivity (Wildman–Crippen MR) is 54.1 cm³/mol. The number of hydrogen-bond acceptors (Lipinski definition) is 2. The quantitative estimate of drug-likeness (QED) is 0.797. The lowest BCUT2D eigenvalue weighted by Crippen LogP contribution is -2.05. The van der Waals surface area contributed by atoms with Crippen LogP contribution in [-0.4, -0.2) is 18.2 Å². The normalized spacial score (nSPS) is 30.6. The van der Waals surface area contributed by atoms with E-state index >= 15 is 0 Å². The molecular weight excluding hydrogens is 192 g/mol. The molecule has 0 aliphatic heterocycles. The summed E-state index contributed by atoms with van der Waals surface area (Å²) in [6.07, 6.45) is 0.918. The summed E-state index contributed by atoms with van der Waals surface area (Å²) in [5.41, 5.74) is 2.48. The minimum Gasteiger partial charge on any atom is -0.497 e. The van der Waals surface area contributed by atoms with E-state index in [2.05, 4.69) is 6.07 Å². The molecule has 15 heavy (non-hydrogen) atoms. The van der Waals surface area contributed by atoms with Crippen LogP contribution in [0.5, 0.6) is 5.75 Å². The summed E-state index contributed by atoms with van der Waals surface area (Å²) in [5, 5.41) is 8.98. The first kappa shape index (κ1) is 8.77. The summed E-state index contributed by atoms with van der Waals surface area (Å²) < 4.78 is 5.15. The van der Waals surface area contributed by atoms with Gasteiger partial charge in [-0.15, -0.1) is 0 Å². The van der Waals surface area contributed by atoms with Gasteiger partial charge in [-0.2, -0.15) is 0 Å². The van der Waals surface area contributed by atoms with Crippen LogP contribution in [0.3, 0.4) is 0 Å². The Labute approximate surface area is 87.7 Å². The Hall–Kier alpha value is -1.51. The number of methoxy groups -OCH3 is 1. The minimum absolute atomic E-state index is 0.149. The van der Waals surface area contributed by atoms with Crippen LogP contribution in [0.1, 0.15) is 17.0 Å². The Morgan fingerprint density at radius 1 is 1.53 bits per heavy atom. The van der Waals surface area contributed by atoms with Crippen LogP contribution in [-0.2, 0) is 11.2 Å². The third-order valence-corrected chi connectivity index (χ3v) is 3.62. The number of rotatable bonds is 2. The van der Waals surface area contributed by atoms with Crippen molar-refractivity contribution in [2.45, 2.75) is 12.3 Å². The first-order valence-electron chi connectivity index (χ1n) is 5.12. The highest BCUT2D eigenvalue weighted by molar-refractivity contribution is 5.78. The molecule has 3 rings (SSSR count). The maximum absolute atomic E-state index is 10.9. The van der Waals surface area contributed by atoms with Gasteiger partial charge in [0.15, 0.2) is 0 Å². The molecule has 0 spiro atoms. The van der Waals surface area contributed by atoms with Crippen molar-refractivity contribution in [2.75, 3.05) is 7.11 Å². The van der Waals surface area contributed by atoms with E-state index in [4.69, 9.17) is 9.84 Å². The van der Waals surface area contributed by atoms with Crippen LogP contribution in [0.2, 0.25) is 0 Å². The molecule has 0 amide bonds. The molecule has 2 aliphatic carbocycles. The first-order valence-corrected chi connectivity index (χ1v) is 5.12. The lowest BCUT2D eigenvalue weighted by molar-refractivity contribution is -0.139. The lowest BCUT2D eigenvalue weighted by atomic mass is 10.0. The van der Waals surface area contributed by atoms with Gasteiger partial charge in [-0.25, -0.2) is 0 Å². The topological polar surface area (TPSA) is 46.5 Å². The fourth-order valence-corrected chi connectivity index (χ4v) is 2.84. The molecular formula is C12H12O3. The summed E-state index contributed by atoms with van der Waals surface area (Å²) in [7, 11) is 1.63. The SMILES string of the molecule is COc1ccc2c(c1)[C@@H]1[C@@H](C2)[C@H]1C(=O)O. The maximum Gasteiger partial charge on any atom is 0.307 e. The molecule has 1 saturated carbocycles. The molecule has 0 bridgehead atoms. The van der Waals surface area contributed by atoms with Gasteiger partial charge in [0.05, 0.1) is 13.0 Å². The summed E-state index contributed by atoms with van der Waals surface area (Å²) in [6, 6.07) is 5.99. The van der Waals surface area contributed by atoms with E-state index in [0.29, 0.717) is 5.92 Å². The lowest BCUT2D eigenvalue weighted by Gasteiger charge is -2.07. The number of carbonyl (C=O) groups is 1. The highest BCUT2D eigenvalue weighted by Gasteiger charge is 2.59. The fourth-order valence-electron chi connectivity index (χ4n) is 2.84. The molecule has 1 N–H and O–H groups in total. The zero-order valence-corrected chi connectivity index (χ0v) is 8.43. The Kier molecular flexibility index (Phi) is 1.61. The van der Waals surface area contributed by atoms with Gasteiger partial charge in [-0.05, 0) is 35.6 Å². The van der Waals surface area contributed by atoms with E-state index in [1.165, 1.54) is 11.1 Å². The van der Waals surface area contributed by atoms with E-state index in [1.807, 2.05) is 12.1 Å². The van der Waals surface area contributed by atoms with Crippen LogP contribution in [0.25, 0.3) is 0 Å². The summed E-state index contributed by atoms with van der Waals surface area (Å²) in [4.78, 5) is 10.9. The molecule has 1 aromatic carbocycles. The Bertz CT molecular complexity index is 438. The second-order valence-electron chi connectivity index (χ2n) is 4.32. The van der Waals surface area contributed by atoms with Gasteiger partial charge in [0.2, 0.25) is 0 Å². The van der Waals surface area contributed by atoms with Gasteiger partial charge in [-0.1, -0.05) is 6.07 Å². The van der Waals surface area contributed by atoms with Crippen molar-refractivity contribution in [3.8, 4) is 5.75 Å². The molecule has 3 nitrogen and oxygen atoms in total. The largest absolute Gasteiger partial charge is 0.497 e. The van der Waals surface area contributed by atoms with Gasteiger partial charge in [0.25, 0.3) is 0 Å². The highest BCUT2D eigenvalue weighted by Crippen LogP contribution is 2.61. The molecule has 0 radical (unpaired) electrons. The third-order valence-electron chi connectivity index (χ3n) is 3.62. The zero-order valence-electron chi connectivity index (χ0n) is 8.43. The molecule has 0 heterocycles. The second kappa shape index (κ2) is 2.75. The van der Waals surface area contributed by atoms with Crippen LogP contribution in [0, 0.1) is 11.8 Å². The number of aliphatic carboxylic acids is 1. The van der Waals surface area contributed by atoms with E-state index < -0.39 is 5.97 Å². The first-order chi connectivity index (χ1) is 7.22. The molecule has 3 heteroatoms. The average molecular weight is 204 g/mol. The van der Waals surface area contributed by atoms with Crippen molar-refractivity contribution in [3.63, 3.8) is 0 Å². The number of benzene rings is 1. The standard InChI is InChI=1S/C12H12O3/c1-15-7-3-2-6-4-9-10(8(6)5-7)11(9)12(13)14/h2-3,5,9-11H,4H2,1H3,(H,13,14)/t9-,10-,11-/m1/s1. The van der Waals surface area contributed by atoms with E-state index in [0.717, 1.165) is 12.2 Å². The van der Waals surface area contributed by atoms with Crippen LogP contribution in [0.4, 0.5) is 0 Å². The average Bonchev–Trinajstić information content (AvgIpc) is 2.83. The number of carboxylic acids is 1. The van der Waals surface area contributed by atoms with Crippen molar-refractivity contribution >= 4 is 5.97 Å². The molecule has 1 fully saturated rings. The molecule has 0 saturated heterocycles. The molecule has 0 aromatic heterocycles.